The van der Waals surface area contributed by atoms with E-state index in [0.29, 0.717) is 43.3 Å². The Bertz CT molecular complexity index is 1120. The number of nitrogens with one attached hydrogen (secondary N) is 1. The molecule has 0 aromatic heterocycles. The van der Waals surface area contributed by atoms with E-state index >= 15 is 0 Å². The lowest BCUT2D eigenvalue weighted by atomic mass is 10.0. The first-order valence-corrected chi connectivity index (χ1v) is 13.4. The van der Waals surface area contributed by atoms with Crippen LogP contribution in [0, 0.1) is 6.92 Å². The quantitative estimate of drug-likeness (QED) is 0.251. The number of unbranched alkanes of at least 4 members (excludes halogenated alkanes) is 1. The number of carbonyl (C=O) groups excluding carboxylic acids is 2. The fourth-order valence-corrected chi connectivity index (χ4v) is 4.24. The van der Waals surface area contributed by atoms with Crippen LogP contribution in [0.4, 0.5) is 0 Å². The van der Waals surface area contributed by atoms with Crippen LogP contribution >= 0.6 is 11.6 Å². The van der Waals surface area contributed by atoms with Crippen LogP contribution in [0.2, 0.25) is 5.02 Å². The van der Waals surface area contributed by atoms with E-state index in [4.69, 9.17) is 16.3 Å². The van der Waals surface area contributed by atoms with Crippen LogP contribution < -0.4 is 10.1 Å². The highest BCUT2D eigenvalue weighted by Gasteiger charge is 2.30. The summed E-state index contributed by atoms with van der Waals surface area (Å²) in [6.45, 7) is 5.50. The third kappa shape index (κ3) is 9.25. The normalized spacial score (nSPS) is 11.5. The number of halogens is 1. The summed E-state index contributed by atoms with van der Waals surface area (Å²) >= 11 is 5.94. The standard InChI is InChI=1S/C31H37ClN2O3/c1-3-4-20-33-31(36)29(22-25-12-6-5-7-13-25)34(23-26-14-9-8-11-24(26)2)30(35)15-10-21-37-28-18-16-27(32)17-19-28/h5-9,11-14,16-19,29H,3-4,10,15,20-23H2,1-2H3,(H,33,36)/t29-/m1/s1. The van der Waals surface area contributed by atoms with E-state index < -0.39 is 6.04 Å². The summed E-state index contributed by atoms with van der Waals surface area (Å²) in [5.74, 6) is 0.539. The van der Waals surface area contributed by atoms with Gasteiger partial charge in [0.1, 0.15) is 11.8 Å². The van der Waals surface area contributed by atoms with E-state index in [0.717, 1.165) is 29.5 Å². The lowest BCUT2D eigenvalue weighted by Crippen LogP contribution is -2.50. The third-order valence-corrected chi connectivity index (χ3v) is 6.57. The Hall–Kier alpha value is -3.31. The Kier molecular flexibility index (Phi) is 11.5. The molecule has 3 aromatic rings. The van der Waals surface area contributed by atoms with Gasteiger partial charge in [-0.25, -0.2) is 0 Å². The molecule has 1 atom stereocenters. The Labute approximate surface area is 225 Å². The van der Waals surface area contributed by atoms with Gasteiger partial charge in [-0.05, 0) is 60.7 Å². The van der Waals surface area contributed by atoms with Crippen molar-refractivity contribution in [2.24, 2.45) is 0 Å². The molecule has 3 rings (SSSR count). The monoisotopic (exact) mass is 520 g/mol. The molecule has 0 heterocycles. The summed E-state index contributed by atoms with van der Waals surface area (Å²) in [5.41, 5.74) is 3.15. The summed E-state index contributed by atoms with van der Waals surface area (Å²) in [4.78, 5) is 28.8. The third-order valence-electron chi connectivity index (χ3n) is 6.32. The summed E-state index contributed by atoms with van der Waals surface area (Å²) in [7, 11) is 0. The second kappa shape index (κ2) is 15.1. The number of carbonyl (C=O) groups is 2. The molecule has 5 nitrogen and oxygen atoms in total. The van der Waals surface area contributed by atoms with Crippen molar-refractivity contribution in [3.8, 4) is 5.75 Å². The molecule has 0 aliphatic carbocycles. The van der Waals surface area contributed by atoms with Crippen LogP contribution in [0.25, 0.3) is 0 Å². The number of ether oxygens (including phenoxy) is 1. The summed E-state index contributed by atoms with van der Waals surface area (Å²) in [6, 6.07) is 24.5. The van der Waals surface area contributed by atoms with E-state index in [-0.39, 0.29) is 18.2 Å². The van der Waals surface area contributed by atoms with E-state index in [2.05, 4.69) is 12.2 Å². The predicted molar refractivity (Wildman–Crippen MR) is 150 cm³/mol. The maximum Gasteiger partial charge on any atom is 0.243 e. The van der Waals surface area contributed by atoms with E-state index in [1.807, 2.05) is 73.7 Å². The van der Waals surface area contributed by atoms with Crippen molar-refractivity contribution in [1.82, 2.24) is 10.2 Å². The predicted octanol–water partition coefficient (Wildman–Crippen LogP) is 6.36. The van der Waals surface area contributed by atoms with Crippen LogP contribution in [-0.4, -0.2) is 35.9 Å². The highest BCUT2D eigenvalue weighted by molar-refractivity contribution is 6.30. The molecular formula is C31H37ClN2O3. The van der Waals surface area contributed by atoms with Crippen molar-refractivity contribution >= 4 is 23.4 Å². The van der Waals surface area contributed by atoms with Crippen molar-refractivity contribution in [2.75, 3.05) is 13.2 Å². The second-order valence-corrected chi connectivity index (χ2v) is 9.64. The van der Waals surface area contributed by atoms with Gasteiger partial charge in [-0.1, -0.05) is 79.5 Å². The molecule has 0 unspecified atom stereocenters. The van der Waals surface area contributed by atoms with Gasteiger partial charge < -0.3 is 15.0 Å². The average molecular weight is 521 g/mol. The van der Waals surface area contributed by atoms with Crippen molar-refractivity contribution < 1.29 is 14.3 Å². The molecule has 37 heavy (non-hydrogen) atoms. The maximum atomic E-state index is 13.7. The summed E-state index contributed by atoms with van der Waals surface area (Å²) in [6.07, 6.45) is 3.17. The topological polar surface area (TPSA) is 58.6 Å². The van der Waals surface area contributed by atoms with E-state index in [1.165, 1.54) is 0 Å². The van der Waals surface area contributed by atoms with Crippen molar-refractivity contribution in [3.63, 3.8) is 0 Å². The van der Waals surface area contributed by atoms with E-state index in [1.54, 1.807) is 17.0 Å². The fraction of sp³-hybridized carbons (Fsp3) is 0.355. The molecule has 0 saturated carbocycles. The molecule has 6 heteroatoms. The minimum absolute atomic E-state index is 0.0606. The molecule has 0 radical (unpaired) electrons. The van der Waals surface area contributed by atoms with Crippen molar-refractivity contribution in [3.05, 3.63) is 101 Å². The molecule has 0 spiro atoms. The van der Waals surface area contributed by atoms with Crippen molar-refractivity contribution in [1.29, 1.82) is 0 Å². The molecule has 3 aromatic carbocycles. The number of hydrogen-bond acceptors (Lipinski definition) is 3. The molecule has 0 aliphatic rings. The van der Waals surface area contributed by atoms with Gasteiger partial charge in [0.15, 0.2) is 0 Å². The first-order chi connectivity index (χ1) is 18.0. The van der Waals surface area contributed by atoms with Crippen LogP contribution in [-0.2, 0) is 22.6 Å². The fourth-order valence-electron chi connectivity index (χ4n) is 4.12. The SMILES string of the molecule is CCCCNC(=O)[C@@H](Cc1ccccc1)N(Cc1ccccc1C)C(=O)CCCOc1ccc(Cl)cc1. The zero-order valence-corrected chi connectivity index (χ0v) is 22.5. The number of hydrogen-bond donors (Lipinski definition) is 1. The van der Waals surface area contributed by atoms with Crippen LogP contribution in [0.3, 0.4) is 0 Å². The van der Waals surface area contributed by atoms with E-state index in [9.17, 15) is 9.59 Å². The maximum absolute atomic E-state index is 13.7. The molecule has 196 valence electrons. The summed E-state index contributed by atoms with van der Waals surface area (Å²) < 4.78 is 5.79. The zero-order chi connectivity index (χ0) is 26.5. The molecule has 0 fully saturated rings. The van der Waals surface area contributed by atoms with Gasteiger partial charge in [0, 0.05) is 31.0 Å². The lowest BCUT2D eigenvalue weighted by Gasteiger charge is -2.32. The Morgan fingerprint density at radius 2 is 1.65 bits per heavy atom. The molecule has 0 aliphatic heterocycles. The van der Waals surface area contributed by atoms with Crippen LogP contribution in [0.1, 0.15) is 49.3 Å². The van der Waals surface area contributed by atoms with Gasteiger partial charge >= 0.3 is 0 Å². The van der Waals surface area contributed by atoms with Crippen LogP contribution in [0.5, 0.6) is 5.75 Å². The summed E-state index contributed by atoms with van der Waals surface area (Å²) in [5, 5.41) is 3.71. The van der Waals surface area contributed by atoms with Gasteiger partial charge in [-0.3, -0.25) is 9.59 Å². The highest BCUT2D eigenvalue weighted by atomic mass is 35.5. The Balaban J connectivity index is 1.78. The number of amides is 2. The molecule has 0 bridgehead atoms. The van der Waals surface area contributed by atoms with Crippen LogP contribution in [0.15, 0.2) is 78.9 Å². The lowest BCUT2D eigenvalue weighted by molar-refractivity contribution is -0.141. The van der Waals surface area contributed by atoms with Gasteiger partial charge in [0.05, 0.1) is 6.61 Å². The Morgan fingerprint density at radius 3 is 2.35 bits per heavy atom. The molecule has 1 N–H and O–H groups in total. The number of rotatable bonds is 14. The zero-order valence-electron chi connectivity index (χ0n) is 21.8. The highest BCUT2D eigenvalue weighted by Crippen LogP contribution is 2.19. The minimum Gasteiger partial charge on any atom is -0.494 e. The molecule has 0 saturated heterocycles. The average Bonchev–Trinajstić information content (AvgIpc) is 2.91. The molecule has 2 amide bonds. The minimum atomic E-state index is -0.608. The number of nitrogens with zero attached hydrogens (tertiary/aromatic N) is 1. The van der Waals surface area contributed by atoms with Crippen molar-refractivity contribution in [2.45, 2.75) is 58.5 Å². The van der Waals surface area contributed by atoms with Gasteiger partial charge in [0.2, 0.25) is 11.8 Å². The number of benzene rings is 3. The van der Waals surface area contributed by atoms with Gasteiger partial charge in [0.25, 0.3) is 0 Å². The Morgan fingerprint density at radius 1 is 0.946 bits per heavy atom. The van der Waals surface area contributed by atoms with Gasteiger partial charge in [-0.2, -0.15) is 0 Å². The molecular weight excluding hydrogens is 484 g/mol. The van der Waals surface area contributed by atoms with Gasteiger partial charge in [-0.15, -0.1) is 0 Å². The smallest absolute Gasteiger partial charge is 0.243 e. The number of aryl methyl sites for hydroxylation is 1. The first-order valence-electron chi connectivity index (χ1n) is 13.0. The second-order valence-electron chi connectivity index (χ2n) is 9.20. The first kappa shape index (κ1) is 28.3. The largest absolute Gasteiger partial charge is 0.494 e.